The Hall–Kier alpha value is -0.790. The van der Waals surface area contributed by atoms with Crippen LogP contribution in [-0.4, -0.2) is 9.76 Å². The lowest BCUT2D eigenvalue weighted by Crippen LogP contribution is -2.22. The molecule has 0 saturated carbocycles. The number of hydrogen-bond donors (Lipinski definition) is 0. The summed E-state index contributed by atoms with van der Waals surface area (Å²) in [5.41, 5.74) is -1.35. The van der Waals surface area contributed by atoms with Crippen molar-refractivity contribution in [1.29, 1.82) is 0 Å². The first-order valence-electron chi connectivity index (χ1n) is 4.31. The molecule has 0 N–H and O–H groups in total. The topological polar surface area (TPSA) is 26.3 Å². The van der Waals surface area contributed by atoms with Crippen LogP contribution < -0.4 is 0 Å². The molecule has 0 aliphatic carbocycles. The van der Waals surface area contributed by atoms with Crippen molar-refractivity contribution < 1.29 is 31.5 Å². The van der Waals surface area contributed by atoms with Crippen LogP contribution in [0.5, 0.6) is 0 Å². The number of rotatable bonds is 2. The van der Waals surface area contributed by atoms with Gasteiger partial charge in [-0.05, 0) is 0 Å². The van der Waals surface area contributed by atoms with E-state index in [0.29, 0.717) is 0 Å². The number of carbonyl (C=O) groups excluding carboxylic acids is 1. The molecule has 1 aromatic carbocycles. The highest BCUT2D eigenvalue weighted by atomic mass is 35.6. The number of esters is 1. The quantitative estimate of drug-likeness (QED) is 0.268. The molecule has 10 heteroatoms. The minimum absolute atomic E-state index is 1.28. The molecule has 0 aliphatic rings. The second-order valence-corrected chi connectivity index (χ2v) is 5.40. The Balaban J connectivity index is 3.07. The summed E-state index contributed by atoms with van der Waals surface area (Å²) >= 11 is 15.2. The Kier molecular flexibility index (Phi) is 4.86. The summed E-state index contributed by atoms with van der Waals surface area (Å²) in [6, 6.07) is 0. The summed E-state index contributed by atoms with van der Waals surface area (Å²) in [6.07, 6.45) is 0. The molecule has 0 atom stereocenters. The molecular weight excluding hydrogens is 341 g/mol. The van der Waals surface area contributed by atoms with Gasteiger partial charge in [0.1, 0.15) is 6.61 Å². The monoisotopic (exact) mass is 342 g/mol. The van der Waals surface area contributed by atoms with E-state index in [1.54, 1.807) is 0 Å². The third-order valence-corrected chi connectivity index (χ3v) is 2.34. The number of halogens is 8. The fraction of sp³-hybridized carbons (Fsp3) is 0.222. The van der Waals surface area contributed by atoms with E-state index in [1.165, 1.54) is 0 Å². The largest absolute Gasteiger partial charge is 0.457 e. The number of ether oxygens (including phenoxy) is 1. The normalized spacial score (nSPS) is 11.6. The van der Waals surface area contributed by atoms with Crippen LogP contribution in [0.3, 0.4) is 0 Å². The number of benzene rings is 1. The van der Waals surface area contributed by atoms with E-state index < -0.39 is 51.0 Å². The number of alkyl halides is 3. The van der Waals surface area contributed by atoms with Crippen molar-refractivity contribution in [3.8, 4) is 0 Å². The molecule has 0 unspecified atom stereocenters. The fourth-order valence-electron chi connectivity index (χ4n) is 0.997. The minimum Gasteiger partial charge on any atom is -0.457 e. The van der Waals surface area contributed by atoms with Crippen LogP contribution in [0.2, 0.25) is 0 Å². The van der Waals surface area contributed by atoms with Crippen molar-refractivity contribution in [3.05, 3.63) is 34.6 Å². The van der Waals surface area contributed by atoms with E-state index in [0.717, 1.165) is 0 Å². The fourth-order valence-corrected chi connectivity index (χ4v) is 1.16. The first kappa shape index (κ1) is 16.3. The van der Waals surface area contributed by atoms with E-state index in [4.69, 9.17) is 34.8 Å². The molecule has 2 nitrogen and oxygen atoms in total. The molecule has 1 rings (SSSR count). The number of hydrogen-bond acceptors (Lipinski definition) is 2. The van der Waals surface area contributed by atoms with Gasteiger partial charge in [-0.3, -0.25) is 0 Å². The lowest BCUT2D eigenvalue weighted by atomic mass is 10.2. The van der Waals surface area contributed by atoms with Crippen molar-refractivity contribution in [2.45, 2.75) is 10.4 Å². The minimum atomic E-state index is -2.54. The Morgan fingerprint density at radius 3 is 1.63 bits per heavy atom. The Labute approximate surface area is 118 Å². The van der Waals surface area contributed by atoms with Gasteiger partial charge in [0, 0.05) is 0 Å². The van der Waals surface area contributed by atoms with Crippen LogP contribution in [0.1, 0.15) is 5.56 Å². The molecule has 0 saturated heterocycles. The van der Waals surface area contributed by atoms with E-state index in [1.807, 2.05) is 0 Å². The summed E-state index contributed by atoms with van der Waals surface area (Å²) in [6.45, 7) is -1.28. The van der Waals surface area contributed by atoms with E-state index in [9.17, 15) is 26.7 Å². The molecule has 0 fully saturated rings. The van der Waals surface area contributed by atoms with Gasteiger partial charge < -0.3 is 4.74 Å². The Bertz CT molecular complexity index is 501. The predicted molar refractivity (Wildman–Crippen MR) is 56.3 cm³/mol. The van der Waals surface area contributed by atoms with Crippen molar-refractivity contribution in [1.82, 2.24) is 0 Å². The molecule has 0 spiro atoms. The second-order valence-electron chi connectivity index (χ2n) is 3.12. The molecular formula is C9H2Cl3F5O2. The van der Waals surface area contributed by atoms with Crippen molar-refractivity contribution in [3.63, 3.8) is 0 Å². The predicted octanol–water partition coefficient (Wildman–Crippen LogP) is 3.80. The highest BCUT2D eigenvalue weighted by Crippen LogP contribution is 2.29. The standard InChI is InChI=1S/C9H2Cl3F5O2/c10-9(11,12)8(18)19-1-2-3(13)5(15)7(17)6(16)4(2)14/h1H2. The summed E-state index contributed by atoms with van der Waals surface area (Å²) in [5, 5.41) is 0. The Morgan fingerprint density at radius 2 is 1.26 bits per heavy atom. The van der Waals surface area contributed by atoms with E-state index in [-0.39, 0.29) is 0 Å². The summed E-state index contributed by atoms with van der Waals surface area (Å²) in [5.74, 6) is -12.5. The molecule has 0 amide bonds. The van der Waals surface area contributed by atoms with Crippen molar-refractivity contribution >= 4 is 40.8 Å². The van der Waals surface area contributed by atoms with Gasteiger partial charge in [-0.1, -0.05) is 34.8 Å². The van der Waals surface area contributed by atoms with Gasteiger partial charge in [0.2, 0.25) is 5.82 Å². The maximum atomic E-state index is 13.1. The zero-order valence-electron chi connectivity index (χ0n) is 8.55. The zero-order valence-corrected chi connectivity index (χ0v) is 10.8. The molecule has 19 heavy (non-hydrogen) atoms. The molecule has 1 aromatic rings. The number of carbonyl (C=O) groups is 1. The van der Waals surface area contributed by atoms with Gasteiger partial charge in [-0.25, -0.2) is 26.7 Å². The van der Waals surface area contributed by atoms with Gasteiger partial charge >= 0.3 is 5.97 Å². The van der Waals surface area contributed by atoms with Gasteiger partial charge in [0.15, 0.2) is 23.3 Å². The average molecular weight is 343 g/mol. The molecule has 0 bridgehead atoms. The summed E-state index contributed by atoms with van der Waals surface area (Å²) in [4.78, 5) is 11.0. The van der Waals surface area contributed by atoms with Crippen LogP contribution >= 0.6 is 34.8 Å². The van der Waals surface area contributed by atoms with Gasteiger partial charge in [-0.2, -0.15) is 0 Å². The highest BCUT2D eigenvalue weighted by molar-refractivity contribution is 6.75. The zero-order chi connectivity index (χ0) is 15.0. The maximum Gasteiger partial charge on any atom is 0.358 e. The highest BCUT2D eigenvalue weighted by Gasteiger charge is 2.34. The molecule has 0 aliphatic heterocycles. The third kappa shape index (κ3) is 3.40. The average Bonchev–Trinajstić information content (AvgIpc) is 2.32. The molecule has 0 radical (unpaired) electrons. The first-order chi connectivity index (χ1) is 8.57. The van der Waals surface area contributed by atoms with Crippen LogP contribution in [0.25, 0.3) is 0 Å². The van der Waals surface area contributed by atoms with Crippen LogP contribution in [0.15, 0.2) is 0 Å². The smallest absolute Gasteiger partial charge is 0.358 e. The van der Waals surface area contributed by atoms with Crippen LogP contribution in [0.4, 0.5) is 22.0 Å². The molecule has 0 heterocycles. The van der Waals surface area contributed by atoms with Gasteiger partial charge in [0.25, 0.3) is 3.79 Å². The van der Waals surface area contributed by atoms with Crippen molar-refractivity contribution in [2.24, 2.45) is 0 Å². The first-order valence-corrected chi connectivity index (χ1v) is 5.45. The van der Waals surface area contributed by atoms with Gasteiger partial charge in [-0.15, -0.1) is 0 Å². The summed E-state index contributed by atoms with van der Waals surface area (Å²) in [7, 11) is 0. The molecule has 106 valence electrons. The lowest BCUT2D eigenvalue weighted by Gasteiger charge is -2.12. The second kappa shape index (κ2) is 5.68. The molecule has 0 aromatic heterocycles. The van der Waals surface area contributed by atoms with Gasteiger partial charge in [0.05, 0.1) is 5.56 Å². The van der Waals surface area contributed by atoms with Crippen molar-refractivity contribution in [2.75, 3.05) is 0 Å². The van der Waals surface area contributed by atoms with Crippen LogP contribution in [0, 0.1) is 29.1 Å². The lowest BCUT2D eigenvalue weighted by molar-refractivity contribution is -0.144. The van der Waals surface area contributed by atoms with E-state index >= 15 is 0 Å². The maximum absolute atomic E-state index is 13.1. The third-order valence-electron chi connectivity index (χ3n) is 1.88. The van der Waals surface area contributed by atoms with E-state index in [2.05, 4.69) is 4.74 Å². The van der Waals surface area contributed by atoms with Crippen LogP contribution in [-0.2, 0) is 16.1 Å². The Morgan fingerprint density at radius 1 is 0.895 bits per heavy atom. The summed E-state index contributed by atoms with van der Waals surface area (Å²) < 4.78 is 66.1. The SMILES string of the molecule is O=C(OCc1c(F)c(F)c(F)c(F)c1F)C(Cl)(Cl)Cl.